The molecule has 0 aromatic carbocycles. The lowest BCUT2D eigenvalue weighted by Gasteiger charge is -2.06. The fourth-order valence-electron chi connectivity index (χ4n) is 1.76. The number of pyridine rings is 1. The highest BCUT2D eigenvalue weighted by molar-refractivity contribution is 6.31. The minimum Gasteiger partial charge on any atom is -0.326 e. The molecule has 0 fully saturated rings. The van der Waals surface area contributed by atoms with Gasteiger partial charge in [-0.15, -0.1) is 0 Å². The first-order valence-electron chi connectivity index (χ1n) is 5.97. The summed E-state index contributed by atoms with van der Waals surface area (Å²) in [7, 11) is 0. The predicted octanol–water partition coefficient (Wildman–Crippen LogP) is 2.58. The number of carbonyl (C=O) groups is 1. The molecule has 6 heteroatoms. The van der Waals surface area contributed by atoms with E-state index in [1.807, 2.05) is 13.8 Å². The van der Waals surface area contributed by atoms with Gasteiger partial charge in [0.15, 0.2) is 0 Å². The molecule has 0 saturated heterocycles. The van der Waals surface area contributed by atoms with E-state index in [-0.39, 0.29) is 5.91 Å². The maximum absolute atomic E-state index is 11.8. The van der Waals surface area contributed by atoms with Crippen molar-refractivity contribution in [3.63, 3.8) is 0 Å². The fraction of sp³-hybridized carbons (Fsp3) is 0.308. The third-order valence-corrected chi connectivity index (χ3v) is 3.35. The molecule has 5 nitrogen and oxygen atoms in total. The number of hydrogen-bond acceptors (Lipinski definition) is 3. The summed E-state index contributed by atoms with van der Waals surface area (Å²) in [5, 5.41) is 7.75. The molecule has 0 bridgehead atoms. The van der Waals surface area contributed by atoms with E-state index in [0.29, 0.717) is 18.0 Å². The zero-order valence-electron chi connectivity index (χ0n) is 10.9. The molecule has 0 aliphatic heterocycles. The number of rotatable bonds is 4. The van der Waals surface area contributed by atoms with Gasteiger partial charge in [-0.1, -0.05) is 11.6 Å². The number of anilines is 1. The molecule has 2 rings (SSSR count). The van der Waals surface area contributed by atoms with Gasteiger partial charge >= 0.3 is 0 Å². The first-order valence-corrected chi connectivity index (χ1v) is 6.35. The Hall–Kier alpha value is -1.88. The van der Waals surface area contributed by atoms with Gasteiger partial charge in [-0.05, 0) is 26.0 Å². The number of aryl methyl sites for hydroxylation is 2. The van der Waals surface area contributed by atoms with E-state index in [9.17, 15) is 4.79 Å². The minimum absolute atomic E-state index is 0.0603. The van der Waals surface area contributed by atoms with Crippen molar-refractivity contribution in [2.75, 3.05) is 5.32 Å². The Morgan fingerprint density at radius 1 is 1.37 bits per heavy atom. The molecule has 100 valence electrons. The van der Waals surface area contributed by atoms with Gasteiger partial charge < -0.3 is 5.32 Å². The Morgan fingerprint density at radius 2 is 2.05 bits per heavy atom. The van der Waals surface area contributed by atoms with Crippen LogP contribution in [0.5, 0.6) is 0 Å². The van der Waals surface area contributed by atoms with Gasteiger partial charge in [0.2, 0.25) is 5.91 Å². The summed E-state index contributed by atoms with van der Waals surface area (Å²) in [6.07, 6.45) is 3.62. The molecule has 0 aliphatic rings. The lowest BCUT2D eigenvalue weighted by atomic mass is 10.3. The highest BCUT2D eigenvalue weighted by Crippen LogP contribution is 2.19. The van der Waals surface area contributed by atoms with Gasteiger partial charge in [0, 0.05) is 24.5 Å². The first kappa shape index (κ1) is 13.5. The number of nitrogens with zero attached hydrogens (tertiary/aromatic N) is 3. The molecule has 0 radical (unpaired) electrons. The SMILES string of the molecule is Cc1nn(CCC(=O)Nc2ccncc2)c(C)c1Cl. The van der Waals surface area contributed by atoms with Crippen molar-refractivity contribution < 1.29 is 4.79 Å². The smallest absolute Gasteiger partial charge is 0.226 e. The summed E-state index contributed by atoms with van der Waals surface area (Å²) in [6.45, 7) is 4.25. The average Bonchev–Trinajstić information content (AvgIpc) is 2.65. The maximum Gasteiger partial charge on any atom is 0.226 e. The second kappa shape index (κ2) is 5.84. The van der Waals surface area contributed by atoms with Crippen molar-refractivity contribution >= 4 is 23.2 Å². The Balaban J connectivity index is 1.92. The van der Waals surface area contributed by atoms with Gasteiger partial charge in [-0.2, -0.15) is 5.10 Å². The van der Waals surface area contributed by atoms with E-state index in [1.54, 1.807) is 29.2 Å². The van der Waals surface area contributed by atoms with E-state index in [2.05, 4.69) is 15.4 Å². The van der Waals surface area contributed by atoms with Crippen molar-refractivity contribution in [2.45, 2.75) is 26.8 Å². The Morgan fingerprint density at radius 3 is 2.63 bits per heavy atom. The van der Waals surface area contributed by atoms with Crippen LogP contribution in [0.4, 0.5) is 5.69 Å². The van der Waals surface area contributed by atoms with Crippen LogP contribution in [0.1, 0.15) is 17.8 Å². The van der Waals surface area contributed by atoms with Crippen molar-refractivity contribution in [1.82, 2.24) is 14.8 Å². The van der Waals surface area contributed by atoms with E-state index < -0.39 is 0 Å². The molecule has 0 atom stereocenters. The summed E-state index contributed by atoms with van der Waals surface area (Å²) >= 11 is 6.05. The van der Waals surface area contributed by atoms with Crippen LogP contribution in [0.2, 0.25) is 5.02 Å². The normalized spacial score (nSPS) is 10.5. The summed E-state index contributed by atoms with van der Waals surface area (Å²) < 4.78 is 1.75. The number of amides is 1. The number of halogens is 1. The van der Waals surface area contributed by atoms with Crippen LogP contribution in [0.3, 0.4) is 0 Å². The molecule has 2 heterocycles. The largest absolute Gasteiger partial charge is 0.326 e. The molecule has 0 saturated carbocycles. The van der Waals surface area contributed by atoms with Gasteiger partial charge in [0.1, 0.15) is 0 Å². The first-order chi connectivity index (χ1) is 9.08. The quantitative estimate of drug-likeness (QED) is 0.935. The highest BCUT2D eigenvalue weighted by atomic mass is 35.5. The van der Waals surface area contributed by atoms with Gasteiger partial charge in [-0.3, -0.25) is 14.5 Å². The third kappa shape index (κ3) is 3.32. The van der Waals surface area contributed by atoms with Crippen LogP contribution in [0.15, 0.2) is 24.5 Å². The summed E-state index contributed by atoms with van der Waals surface area (Å²) in [5.74, 6) is -0.0603. The van der Waals surface area contributed by atoms with Crippen LogP contribution in [0, 0.1) is 13.8 Å². The van der Waals surface area contributed by atoms with Crippen LogP contribution >= 0.6 is 11.6 Å². The van der Waals surface area contributed by atoms with E-state index in [1.165, 1.54) is 0 Å². The molecule has 1 N–H and O–H groups in total. The van der Waals surface area contributed by atoms with E-state index in [0.717, 1.165) is 17.1 Å². The van der Waals surface area contributed by atoms with Crippen molar-refractivity contribution in [3.05, 3.63) is 40.9 Å². The molecule has 2 aromatic rings. The lowest BCUT2D eigenvalue weighted by molar-refractivity contribution is -0.116. The van der Waals surface area contributed by atoms with Gasteiger partial charge in [0.25, 0.3) is 0 Å². The summed E-state index contributed by atoms with van der Waals surface area (Å²) in [5.41, 5.74) is 2.41. The van der Waals surface area contributed by atoms with Crippen LogP contribution in [-0.2, 0) is 11.3 Å². The second-order valence-electron chi connectivity index (χ2n) is 4.24. The summed E-state index contributed by atoms with van der Waals surface area (Å²) in [6, 6.07) is 3.50. The van der Waals surface area contributed by atoms with Crippen LogP contribution < -0.4 is 5.32 Å². The molecule has 19 heavy (non-hydrogen) atoms. The third-order valence-electron chi connectivity index (χ3n) is 2.81. The predicted molar refractivity (Wildman–Crippen MR) is 74.2 cm³/mol. The zero-order valence-corrected chi connectivity index (χ0v) is 11.6. The highest BCUT2D eigenvalue weighted by Gasteiger charge is 2.10. The minimum atomic E-state index is -0.0603. The number of aromatic nitrogens is 3. The average molecular weight is 279 g/mol. The molecular weight excluding hydrogens is 264 g/mol. The lowest BCUT2D eigenvalue weighted by Crippen LogP contribution is -2.15. The van der Waals surface area contributed by atoms with E-state index >= 15 is 0 Å². The summed E-state index contributed by atoms with van der Waals surface area (Å²) in [4.78, 5) is 15.7. The van der Waals surface area contributed by atoms with Gasteiger partial charge in [0.05, 0.1) is 23.0 Å². The van der Waals surface area contributed by atoms with Crippen molar-refractivity contribution in [1.29, 1.82) is 0 Å². The topological polar surface area (TPSA) is 59.8 Å². The fourth-order valence-corrected chi connectivity index (χ4v) is 1.89. The molecule has 1 amide bonds. The Bertz CT molecular complexity index is 580. The Kier molecular flexibility index (Phi) is 4.16. The molecule has 0 spiro atoms. The molecule has 2 aromatic heterocycles. The number of nitrogens with one attached hydrogen (secondary N) is 1. The van der Waals surface area contributed by atoms with Crippen molar-refractivity contribution in [2.24, 2.45) is 0 Å². The van der Waals surface area contributed by atoms with E-state index in [4.69, 9.17) is 11.6 Å². The Labute approximate surface area is 116 Å². The standard InChI is InChI=1S/C13H15ClN4O/c1-9-13(14)10(2)18(17-9)8-5-12(19)16-11-3-6-15-7-4-11/h3-4,6-7H,5,8H2,1-2H3,(H,15,16,19). The molecular formula is C13H15ClN4O. The van der Waals surface area contributed by atoms with Gasteiger partial charge in [-0.25, -0.2) is 0 Å². The zero-order chi connectivity index (χ0) is 13.8. The molecule has 0 aliphatic carbocycles. The maximum atomic E-state index is 11.8. The van der Waals surface area contributed by atoms with Crippen LogP contribution in [-0.4, -0.2) is 20.7 Å². The van der Waals surface area contributed by atoms with Crippen LogP contribution in [0.25, 0.3) is 0 Å². The number of carbonyl (C=O) groups excluding carboxylic acids is 1. The molecule has 0 unspecified atom stereocenters. The number of hydrogen-bond donors (Lipinski definition) is 1. The second-order valence-corrected chi connectivity index (χ2v) is 4.62. The van der Waals surface area contributed by atoms with Crippen molar-refractivity contribution in [3.8, 4) is 0 Å². The monoisotopic (exact) mass is 278 g/mol.